The molecular weight excluding hydrogens is 342 g/mol. The molecule has 3 atom stereocenters. The molecule has 0 saturated carbocycles. The molecule has 0 radical (unpaired) electrons. The van der Waals surface area contributed by atoms with Gasteiger partial charge >= 0.3 is 5.97 Å². The van der Waals surface area contributed by atoms with Crippen LogP contribution in [0.2, 0.25) is 0 Å². The Labute approximate surface area is 160 Å². The Morgan fingerprint density at radius 2 is 2.04 bits per heavy atom. The Balaban J connectivity index is 1.62. The van der Waals surface area contributed by atoms with Crippen molar-refractivity contribution in [1.82, 2.24) is 4.90 Å². The minimum atomic E-state index is -0.524. The predicted molar refractivity (Wildman–Crippen MR) is 108 cm³/mol. The van der Waals surface area contributed by atoms with Crippen molar-refractivity contribution in [1.29, 1.82) is 0 Å². The number of hydrogen-bond acceptors (Lipinski definition) is 6. The van der Waals surface area contributed by atoms with Gasteiger partial charge in [-0.15, -0.1) is 0 Å². The second-order valence-corrected chi connectivity index (χ2v) is 7.38. The van der Waals surface area contributed by atoms with Crippen LogP contribution in [0.5, 0.6) is 0 Å². The van der Waals surface area contributed by atoms with Gasteiger partial charge in [0.25, 0.3) is 0 Å². The lowest BCUT2D eigenvalue weighted by Crippen LogP contribution is -2.38. The van der Waals surface area contributed by atoms with Crippen molar-refractivity contribution in [2.45, 2.75) is 6.10 Å². The fraction of sp³-hybridized carbons (Fsp3) is 0.476. The van der Waals surface area contributed by atoms with Crippen molar-refractivity contribution < 1.29 is 14.6 Å². The zero-order chi connectivity index (χ0) is 19.4. The maximum atomic E-state index is 11.9. The molecule has 0 aliphatic carbocycles. The van der Waals surface area contributed by atoms with Crippen LogP contribution in [0.4, 0.5) is 5.69 Å². The van der Waals surface area contributed by atoms with E-state index in [1.807, 2.05) is 25.2 Å². The fourth-order valence-electron chi connectivity index (χ4n) is 4.08. The zero-order valence-corrected chi connectivity index (χ0v) is 16.0. The van der Waals surface area contributed by atoms with E-state index in [-0.39, 0.29) is 17.8 Å². The molecule has 3 rings (SSSR count). The fourth-order valence-corrected chi connectivity index (χ4v) is 4.08. The number of likely N-dealkylation sites (N-methyl/N-ethyl adjacent to an activating group) is 1. The van der Waals surface area contributed by atoms with Gasteiger partial charge in [-0.3, -0.25) is 9.69 Å². The van der Waals surface area contributed by atoms with Gasteiger partial charge in [-0.25, -0.2) is 0 Å². The lowest BCUT2D eigenvalue weighted by atomic mass is 9.97. The number of anilines is 1. The maximum Gasteiger partial charge on any atom is 0.310 e. The molecule has 27 heavy (non-hydrogen) atoms. The molecule has 2 aromatic carbocycles. The number of hydrogen-bond donors (Lipinski definition) is 2. The molecule has 1 saturated heterocycles. The van der Waals surface area contributed by atoms with Crippen LogP contribution in [0.25, 0.3) is 10.8 Å². The summed E-state index contributed by atoms with van der Waals surface area (Å²) in [5, 5.41) is 13.0. The van der Waals surface area contributed by atoms with Gasteiger partial charge in [0.2, 0.25) is 0 Å². The van der Waals surface area contributed by atoms with E-state index in [0.29, 0.717) is 32.7 Å². The molecule has 0 bridgehead atoms. The molecule has 146 valence electrons. The van der Waals surface area contributed by atoms with Crippen LogP contribution in [-0.2, 0) is 9.53 Å². The Bertz CT molecular complexity index is 777. The molecule has 6 heteroatoms. The third kappa shape index (κ3) is 4.40. The summed E-state index contributed by atoms with van der Waals surface area (Å²) in [5.74, 6) is -0.334. The predicted octanol–water partition coefficient (Wildman–Crippen LogP) is 1.32. The number of β-amino-alcohol motifs (C(OH)–C–C–N with tert-alkyl or cyclic N) is 1. The van der Waals surface area contributed by atoms with E-state index in [2.05, 4.69) is 34.1 Å². The molecule has 6 nitrogen and oxygen atoms in total. The number of methoxy groups -OCH3 is 1. The number of carbonyl (C=O) groups excluding carboxylic acids is 1. The summed E-state index contributed by atoms with van der Waals surface area (Å²) in [6, 6.07) is 14.4. The van der Waals surface area contributed by atoms with Gasteiger partial charge in [0.05, 0.1) is 19.1 Å². The first kappa shape index (κ1) is 19.6. The number of benzene rings is 2. The van der Waals surface area contributed by atoms with Crippen LogP contribution in [-0.4, -0.2) is 69.0 Å². The number of esters is 1. The lowest BCUT2D eigenvalue weighted by molar-refractivity contribution is -0.146. The van der Waals surface area contributed by atoms with Crippen LogP contribution >= 0.6 is 0 Å². The number of nitrogens with two attached hydrogens (primary N) is 1. The SMILES string of the molecule is COC(=O)[C@@H]1CN(CC(O)CN(C)c2cccc3ccccc23)C[C@H]1CN. The zero-order valence-electron chi connectivity index (χ0n) is 16.0. The third-order valence-corrected chi connectivity index (χ3v) is 5.45. The second-order valence-electron chi connectivity index (χ2n) is 7.38. The lowest BCUT2D eigenvalue weighted by Gasteiger charge is -2.27. The van der Waals surface area contributed by atoms with Crippen molar-refractivity contribution in [2.75, 3.05) is 51.8 Å². The Morgan fingerprint density at radius 1 is 1.30 bits per heavy atom. The van der Waals surface area contributed by atoms with E-state index < -0.39 is 6.10 Å². The number of rotatable bonds is 7. The smallest absolute Gasteiger partial charge is 0.310 e. The monoisotopic (exact) mass is 371 g/mol. The minimum Gasteiger partial charge on any atom is -0.469 e. The molecular formula is C21H29N3O3. The third-order valence-electron chi connectivity index (χ3n) is 5.45. The Morgan fingerprint density at radius 3 is 2.78 bits per heavy atom. The first-order chi connectivity index (χ1) is 13.0. The summed E-state index contributed by atoms with van der Waals surface area (Å²) in [7, 11) is 3.40. The Hall–Kier alpha value is -2.15. The molecule has 3 N–H and O–H groups in total. The number of carbonyl (C=O) groups is 1. The van der Waals surface area contributed by atoms with Gasteiger partial charge < -0.3 is 20.5 Å². The molecule has 2 aromatic rings. The maximum absolute atomic E-state index is 11.9. The molecule has 0 spiro atoms. The van der Waals surface area contributed by atoms with Crippen molar-refractivity contribution in [3.05, 3.63) is 42.5 Å². The summed E-state index contributed by atoms with van der Waals surface area (Å²) in [5.41, 5.74) is 6.91. The highest BCUT2D eigenvalue weighted by molar-refractivity contribution is 5.94. The molecule has 1 aliphatic rings. The van der Waals surface area contributed by atoms with Crippen LogP contribution < -0.4 is 10.6 Å². The first-order valence-electron chi connectivity index (χ1n) is 9.40. The summed E-state index contributed by atoms with van der Waals surface area (Å²) in [6.07, 6.45) is -0.524. The Kier molecular flexibility index (Phi) is 6.31. The molecule has 1 heterocycles. The highest BCUT2D eigenvalue weighted by atomic mass is 16.5. The van der Waals surface area contributed by atoms with Gasteiger partial charge in [0, 0.05) is 44.3 Å². The van der Waals surface area contributed by atoms with Crippen molar-refractivity contribution in [2.24, 2.45) is 17.6 Å². The largest absolute Gasteiger partial charge is 0.469 e. The van der Waals surface area contributed by atoms with Crippen LogP contribution in [0.1, 0.15) is 0 Å². The normalized spacial score (nSPS) is 21.3. The minimum absolute atomic E-state index is 0.0837. The number of nitrogens with zero attached hydrogens (tertiary/aromatic N) is 2. The highest BCUT2D eigenvalue weighted by Gasteiger charge is 2.38. The average molecular weight is 371 g/mol. The van der Waals surface area contributed by atoms with E-state index in [0.717, 1.165) is 5.69 Å². The summed E-state index contributed by atoms with van der Waals surface area (Å²) >= 11 is 0. The van der Waals surface area contributed by atoms with Gasteiger partial charge in [-0.1, -0.05) is 36.4 Å². The van der Waals surface area contributed by atoms with Crippen molar-refractivity contribution in [3.8, 4) is 0 Å². The van der Waals surface area contributed by atoms with Crippen molar-refractivity contribution >= 4 is 22.4 Å². The van der Waals surface area contributed by atoms with E-state index in [1.54, 1.807) is 0 Å². The number of fused-ring (bicyclic) bond motifs is 1. The molecule has 1 fully saturated rings. The highest BCUT2D eigenvalue weighted by Crippen LogP contribution is 2.27. The van der Waals surface area contributed by atoms with Gasteiger partial charge in [-0.2, -0.15) is 0 Å². The van der Waals surface area contributed by atoms with Crippen molar-refractivity contribution in [3.63, 3.8) is 0 Å². The first-order valence-corrected chi connectivity index (χ1v) is 9.40. The number of aliphatic hydroxyl groups is 1. The molecule has 1 unspecified atom stereocenters. The number of aliphatic hydroxyl groups excluding tert-OH is 1. The molecule has 0 aromatic heterocycles. The second kappa shape index (κ2) is 8.69. The average Bonchev–Trinajstić information content (AvgIpc) is 3.09. The van der Waals surface area contributed by atoms with E-state index in [9.17, 15) is 9.90 Å². The van der Waals surface area contributed by atoms with Crippen LogP contribution in [0, 0.1) is 11.8 Å². The topological polar surface area (TPSA) is 79.0 Å². The van der Waals surface area contributed by atoms with Gasteiger partial charge in [0.15, 0.2) is 0 Å². The van der Waals surface area contributed by atoms with Gasteiger partial charge in [0.1, 0.15) is 0 Å². The summed E-state index contributed by atoms with van der Waals surface area (Å²) in [4.78, 5) is 16.1. The molecule has 1 aliphatic heterocycles. The quantitative estimate of drug-likeness (QED) is 0.715. The summed E-state index contributed by atoms with van der Waals surface area (Å²) in [6.45, 7) is 2.77. The van der Waals surface area contributed by atoms with Crippen LogP contribution in [0.3, 0.4) is 0 Å². The van der Waals surface area contributed by atoms with E-state index in [4.69, 9.17) is 10.5 Å². The number of ether oxygens (including phenoxy) is 1. The van der Waals surface area contributed by atoms with E-state index in [1.165, 1.54) is 17.9 Å². The van der Waals surface area contributed by atoms with Gasteiger partial charge in [-0.05, 0) is 23.9 Å². The number of likely N-dealkylation sites (tertiary alicyclic amines) is 1. The summed E-state index contributed by atoms with van der Waals surface area (Å²) < 4.78 is 4.89. The standard InChI is InChI=1S/C21H29N3O3/c1-23(20-9-5-7-15-6-3-4-8-18(15)20)12-17(25)13-24-11-16(10-22)19(14-24)21(26)27-2/h3-9,16-17,19,25H,10-14,22H2,1-2H3/t16-,17?,19-/m1/s1. The molecule has 0 amide bonds. The van der Waals surface area contributed by atoms with E-state index >= 15 is 0 Å². The van der Waals surface area contributed by atoms with Crippen LogP contribution in [0.15, 0.2) is 42.5 Å².